The molecule has 1 aliphatic rings. The third-order valence-electron chi connectivity index (χ3n) is 3.50. The van der Waals surface area contributed by atoms with Gasteiger partial charge in [-0.2, -0.15) is 0 Å². The first kappa shape index (κ1) is 13.9. The van der Waals surface area contributed by atoms with Gasteiger partial charge in [-0.3, -0.25) is 0 Å². The summed E-state index contributed by atoms with van der Waals surface area (Å²) in [4.78, 5) is 0. The minimum Gasteiger partial charge on any atom is -0.396 e. The molecule has 5 heteroatoms. The summed E-state index contributed by atoms with van der Waals surface area (Å²) in [7, 11) is -2.86. The molecule has 0 aromatic heterocycles. The fraction of sp³-hybridized carbons (Fsp3) is 1.00. The quantitative estimate of drug-likeness (QED) is 0.722. The zero-order valence-corrected chi connectivity index (χ0v) is 10.9. The molecule has 16 heavy (non-hydrogen) atoms. The molecule has 1 fully saturated rings. The molecule has 1 unspecified atom stereocenters. The highest BCUT2D eigenvalue weighted by molar-refractivity contribution is 7.91. The standard InChI is InChI=1S/C11H23NO3S/c1-2-16(14,15)8-4-6-11(10-13)5-3-7-12-9-11/h12-13H,2-10H2,1H3. The zero-order chi connectivity index (χ0) is 12.1. The Morgan fingerprint density at radius 1 is 1.44 bits per heavy atom. The molecule has 4 nitrogen and oxygen atoms in total. The van der Waals surface area contributed by atoms with Crippen molar-refractivity contribution in [3.63, 3.8) is 0 Å². The van der Waals surface area contributed by atoms with E-state index in [0.717, 1.165) is 32.4 Å². The Kier molecular flexibility index (Phi) is 5.21. The second-order valence-corrected chi connectivity index (χ2v) is 7.25. The number of nitrogens with one attached hydrogen (secondary N) is 1. The second kappa shape index (κ2) is 5.98. The second-order valence-electron chi connectivity index (χ2n) is 4.78. The summed E-state index contributed by atoms with van der Waals surface area (Å²) in [6, 6.07) is 0. The smallest absolute Gasteiger partial charge is 0.150 e. The van der Waals surface area contributed by atoms with Gasteiger partial charge in [-0.25, -0.2) is 8.42 Å². The van der Waals surface area contributed by atoms with Gasteiger partial charge in [-0.1, -0.05) is 6.92 Å². The molecule has 0 amide bonds. The molecular weight excluding hydrogens is 226 g/mol. The van der Waals surface area contributed by atoms with Crippen LogP contribution in [0.1, 0.15) is 32.6 Å². The fourth-order valence-corrected chi connectivity index (χ4v) is 3.14. The average molecular weight is 249 g/mol. The largest absolute Gasteiger partial charge is 0.396 e. The lowest BCUT2D eigenvalue weighted by Crippen LogP contribution is -2.42. The van der Waals surface area contributed by atoms with Gasteiger partial charge in [0, 0.05) is 24.3 Å². The van der Waals surface area contributed by atoms with Gasteiger partial charge in [-0.15, -0.1) is 0 Å². The van der Waals surface area contributed by atoms with Crippen molar-refractivity contribution in [3.05, 3.63) is 0 Å². The lowest BCUT2D eigenvalue weighted by atomic mass is 9.78. The molecule has 1 atom stereocenters. The summed E-state index contributed by atoms with van der Waals surface area (Å²) < 4.78 is 22.7. The maximum atomic E-state index is 11.4. The van der Waals surface area contributed by atoms with Crippen molar-refractivity contribution >= 4 is 9.84 Å². The topological polar surface area (TPSA) is 66.4 Å². The van der Waals surface area contributed by atoms with Crippen LogP contribution in [0.3, 0.4) is 0 Å². The van der Waals surface area contributed by atoms with E-state index in [1.54, 1.807) is 6.92 Å². The van der Waals surface area contributed by atoms with E-state index in [2.05, 4.69) is 5.32 Å². The molecule has 1 rings (SSSR count). The molecule has 0 aromatic carbocycles. The highest BCUT2D eigenvalue weighted by Crippen LogP contribution is 2.31. The van der Waals surface area contributed by atoms with Crippen LogP contribution in [0.25, 0.3) is 0 Å². The lowest BCUT2D eigenvalue weighted by Gasteiger charge is -2.36. The molecule has 1 aliphatic heterocycles. The predicted octanol–water partition coefficient (Wildman–Crippen LogP) is 0.563. The van der Waals surface area contributed by atoms with Crippen LogP contribution < -0.4 is 5.32 Å². The molecule has 1 saturated heterocycles. The van der Waals surface area contributed by atoms with Gasteiger partial charge < -0.3 is 10.4 Å². The minimum atomic E-state index is -2.86. The third kappa shape index (κ3) is 4.03. The number of aliphatic hydroxyl groups is 1. The first-order chi connectivity index (χ1) is 7.54. The number of piperidine rings is 1. The average Bonchev–Trinajstić information content (AvgIpc) is 2.30. The van der Waals surface area contributed by atoms with Crippen LogP contribution in [0.2, 0.25) is 0 Å². The zero-order valence-electron chi connectivity index (χ0n) is 10.0. The van der Waals surface area contributed by atoms with Gasteiger partial charge in [-0.05, 0) is 32.2 Å². The van der Waals surface area contributed by atoms with E-state index in [1.165, 1.54) is 0 Å². The fourth-order valence-electron chi connectivity index (χ4n) is 2.27. The van der Waals surface area contributed by atoms with Crippen molar-refractivity contribution in [1.82, 2.24) is 5.32 Å². The molecular formula is C11H23NO3S. The van der Waals surface area contributed by atoms with E-state index >= 15 is 0 Å². The number of aliphatic hydroxyl groups excluding tert-OH is 1. The summed E-state index contributed by atoms with van der Waals surface area (Å²) in [6.07, 6.45) is 3.54. The molecule has 0 spiro atoms. The van der Waals surface area contributed by atoms with E-state index in [4.69, 9.17) is 0 Å². The van der Waals surface area contributed by atoms with Gasteiger partial charge in [0.05, 0.1) is 5.75 Å². The van der Waals surface area contributed by atoms with Gasteiger partial charge in [0.2, 0.25) is 0 Å². The van der Waals surface area contributed by atoms with Crippen molar-refractivity contribution in [2.45, 2.75) is 32.6 Å². The number of rotatable bonds is 6. The van der Waals surface area contributed by atoms with E-state index in [-0.39, 0.29) is 23.5 Å². The van der Waals surface area contributed by atoms with Gasteiger partial charge >= 0.3 is 0 Å². The monoisotopic (exact) mass is 249 g/mol. The maximum Gasteiger partial charge on any atom is 0.150 e. The third-order valence-corrected chi connectivity index (χ3v) is 5.29. The normalized spacial score (nSPS) is 26.9. The minimum absolute atomic E-state index is 0.0818. The summed E-state index contributed by atoms with van der Waals surface area (Å²) >= 11 is 0. The van der Waals surface area contributed by atoms with E-state index in [9.17, 15) is 13.5 Å². The molecule has 2 N–H and O–H groups in total. The first-order valence-electron chi connectivity index (χ1n) is 6.06. The first-order valence-corrected chi connectivity index (χ1v) is 7.88. The summed E-state index contributed by atoms with van der Waals surface area (Å²) in [5.41, 5.74) is -0.0818. The molecule has 0 aliphatic carbocycles. The van der Waals surface area contributed by atoms with Gasteiger partial charge in [0.15, 0.2) is 0 Å². The highest BCUT2D eigenvalue weighted by Gasteiger charge is 2.31. The van der Waals surface area contributed by atoms with Crippen molar-refractivity contribution in [3.8, 4) is 0 Å². The SMILES string of the molecule is CCS(=O)(=O)CCCC1(CO)CCCNC1. The van der Waals surface area contributed by atoms with Crippen molar-refractivity contribution in [2.24, 2.45) is 5.41 Å². The summed E-state index contributed by atoms with van der Waals surface area (Å²) in [5, 5.41) is 12.7. The number of hydrogen-bond donors (Lipinski definition) is 2. The number of sulfone groups is 1. The van der Waals surface area contributed by atoms with E-state index < -0.39 is 9.84 Å². The molecule has 96 valence electrons. The molecule has 0 radical (unpaired) electrons. The van der Waals surface area contributed by atoms with Gasteiger partial charge in [0.25, 0.3) is 0 Å². The Labute approximate surface area is 98.4 Å². The van der Waals surface area contributed by atoms with Crippen LogP contribution in [0, 0.1) is 5.41 Å². The predicted molar refractivity (Wildman–Crippen MR) is 65.2 cm³/mol. The van der Waals surface area contributed by atoms with Crippen LogP contribution in [-0.2, 0) is 9.84 Å². The molecule has 0 saturated carbocycles. The van der Waals surface area contributed by atoms with Crippen molar-refractivity contribution in [2.75, 3.05) is 31.2 Å². The van der Waals surface area contributed by atoms with Crippen LogP contribution in [0.5, 0.6) is 0 Å². The number of hydrogen-bond acceptors (Lipinski definition) is 4. The van der Waals surface area contributed by atoms with E-state index in [0.29, 0.717) is 6.42 Å². The molecule has 0 bridgehead atoms. The van der Waals surface area contributed by atoms with Crippen LogP contribution in [-0.4, -0.2) is 44.7 Å². The molecule has 0 aromatic rings. The highest BCUT2D eigenvalue weighted by atomic mass is 32.2. The molecule has 1 heterocycles. The van der Waals surface area contributed by atoms with Gasteiger partial charge in [0.1, 0.15) is 9.84 Å². The van der Waals surface area contributed by atoms with E-state index in [1.807, 2.05) is 0 Å². The summed E-state index contributed by atoms with van der Waals surface area (Å²) in [5.74, 6) is 0.475. The van der Waals surface area contributed by atoms with Crippen LogP contribution in [0.4, 0.5) is 0 Å². The Bertz CT molecular complexity index is 294. The Balaban J connectivity index is 2.39. The van der Waals surface area contributed by atoms with Crippen LogP contribution in [0.15, 0.2) is 0 Å². The Morgan fingerprint density at radius 2 is 2.19 bits per heavy atom. The van der Waals surface area contributed by atoms with Crippen LogP contribution >= 0.6 is 0 Å². The maximum absolute atomic E-state index is 11.4. The Hall–Kier alpha value is -0.130. The van der Waals surface area contributed by atoms with Crippen molar-refractivity contribution in [1.29, 1.82) is 0 Å². The summed E-state index contributed by atoms with van der Waals surface area (Å²) in [6.45, 7) is 3.66. The Morgan fingerprint density at radius 3 is 2.69 bits per heavy atom. The van der Waals surface area contributed by atoms with Crippen molar-refractivity contribution < 1.29 is 13.5 Å². The lowest BCUT2D eigenvalue weighted by molar-refractivity contribution is 0.0853.